The minimum atomic E-state index is -0.230. The minimum Gasteiger partial charge on any atom is -0.369 e. The maximum absolute atomic E-state index is 13.4. The lowest BCUT2D eigenvalue weighted by Crippen LogP contribution is -2.48. The van der Waals surface area contributed by atoms with Gasteiger partial charge in [-0.1, -0.05) is 6.07 Å². The third kappa shape index (κ3) is 4.00. The van der Waals surface area contributed by atoms with Gasteiger partial charge >= 0.3 is 0 Å². The summed E-state index contributed by atoms with van der Waals surface area (Å²) in [6.45, 7) is 5.51. The van der Waals surface area contributed by atoms with Crippen molar-refractivity contribution in [3.8, 4) is 0 Å². The predicted molar refractivity (Wildman–Crippen MR) is 96.2 cm³/mol. The van der Waals surface area contributed by atoms with Crippen molar-refractivity contribution < 1.29 is 9.18 Å². The molecule has 1 aromatic heterocycles. The average Bonchev–Trinajstić information content (AvgIpc) is 2.81. The Kier molecular flexibility index (Phi) is 5.06. The maximum Gasteiger partial charge on any atom is 0.224 e. The van der Waals surface area contributed by atoms with Crippen molar-refractivity contribution >= 4 is 11.6 Å². The Morgan fingerprint density at radius 3 is 2.88 bits per heavy atom. The first-order valence-electron chi connectivity index (χ1n) is 8.73. The largest absolute Gasteiger partial charge is 0.369 e. The number of nitrogens with zero attached hydrogens (tertiary/aromatic N) is 3. The van der Waals surface area contributed by atoms with Crippen molar-refractivity contribution in [2.45, 2.75) is 39.2 Å². The van der Waals surface area contributed by atoms with Crippen LogP contribution >= 0.6 is 0 Å². The average molecular weight is 344 g/mol. The molecule has 1 aliphatic rings. The van der Waals surface area contributed by atoms with Crippen LogP contribution in [-0.4, -0.2) is 34.8 Å². The summed E-state index contributed by atoms with van der Waals surface area (Å²) in [5.74, 6) is -0.212. The first-order chi connectivity index (χ1) is 11.9. The minimum absolute atomic E-state index is 0.0188. The van der Waals surface area contributed by atoms with Crippen molar-refractivity contribution in [2.75, 3.05) is 18.0 Å². The van der Waals surface area contributed by atoms with Gasteiger partial charge in [-0.2, -0.15) is 5.10 Å². The van der Waals surface area contributed by atoms with E-state index in [1.165, 1.54) is 6.07 Å². The summed E-state index contributed by atoms with van der Waals surface area (Å²) >= 11 is 0. The Morgan fingerprint density at radius 1 is 1.40 bits per heavy atom. The zero-order valence-electron chi connectivity index (χ0n) is 15.1. The summed E-state index contributed by atoms with van der Waals surface area (Å²) in [6, 6.07) is 6.72. The first-order valence-corrected chi connectivity index (χ1v) is 8.73. The summed E-state index contributed by atoms with van der Waals surface area (Å²) in [6.07, 6.45) is 2.27. The smallest absolute Gasteiger partial charge is 0.224 e. The highest BCUT2D eigenvalue weighted by molar-refractivity contribution is 5.79. The van der Waals surface area contributed by atoms with E-state index in [4.69, 9.17) is 0 Å². The number of benzene rings is 1. The van der Waals surface area contributed by atoms with Crippen LogP contribution in [0.2, 0.25) is 0 Å². The Hall–Kier alpha value is -2.37. The van der Waals surface area contributed by atoms with E-state index in [9.17, 15) is 9.18 Å². The van der Waals surface area contributed by atoms with Crippen molar-refractivity contribution in [3.63, 3.8) is 0 Å². The van der Waals surface area contributed by atoms with Crippen LogP contribution in [0.1, 0.15) is 29.8 Å². The number of anilines is 1. The maximum atomic E-state index is 13.4. The molecule has 1 amide bonds. The summed E-state index contributed by atoms with van der Waals surface area (Å²) < 4.78 is 15.3. The number of hydrogen-bond donors (Lipinski definition) is 1. The molecule has 0 bridgehead atoms. The van der Waals surface area contributed by atoms with Gasteiger partial charge in [-0.05, 0) is 44.9 Å². The number of halogens is 1. The van der Waals surface area contributed by atoms with E-state index in [0.717, 1.165) is 42.0 Å². The van der Waals surface area contributed by atoms with Crippen LogP contribution in [-0.2, 0) is 18.3 Å². The Balaban J connectivity index is 1.61. The Morgan fingerprint density at radius 2 is 2.20 bits per heavy atom. The van der Waals surface area contributed by atoms with Crippen LogP contribution in [0.15, 0.2) is 24.3 Å². The summed E-state index contributed by atoms with van der Waals surface area (Å²) in [5.41, 5.74) is 3.80. The van der Waals surface area contributed by atoms with Gasteiger partial charge in [0.2, 0.25) is 5.91 Å². The van der Waals surface area contributed by atoms with Crippen molar-refractivity contribution in [1.82, 2.24) is 15.1 Å². The summed E-state index contributed by atoms with van der Waals surface area (Å²) in [5, 5.41) is 7.50. The van der Waals surface area contributed by atoms with Crippen LogP contribution in [0.25, 0.3) is 0 Å². The summed E-state index contributed by atoms with van der Waals surface area (Å²) in [4.78, 5) is 14.6. The van der Waals surface area contributed by atoms with Gasteiger partial charge in [0, 0.05) is 43.1 Å². The fraction of sp³-hybridized carbons (Fsp3) is 0.474. The number of aromatic nitrogens is 2. The topological polar surface area (TPSA) is 50.2 Å². The van der Waals surface area contributed by atoms with E-state index < -0.39 is 0 Å². The molecule has 0 saturated carbocycles. The van der Waals surface area contributed by atoms with Gasteiger partial charge in [0.25, 0.3) is 0 Å². The molecule has 1 aliphatic heterocycles. The van der Waals surface area contributed by atoms with Crippen LogP contribution in [0, 0.1) is 19.7 Å². The molecule has 1 N–H and O–H groups in total. The number of amides is 1. The van der Waals surface area contributed by atoms with Gasteiger partial charge in [-0.3, -0.25) is 9.48 Å². The number of nitrogens with one attached hydrogen (secondary N) is 1. The van der Waals surface area contributed by atoms with E-state index in [-0.39, 0.29) is 17.8 Å². The number of carbonyl (C=O) groups excluding carboxylic acids is 1. The third-order valence-electron chi connectivity index (χ3n) is 4.96. The highest BCUT2D eigenvalue weighted by Crippen LogP contribution is 2.21. The monoisotopic (exact) mass is 344 g/mol. The van der Waals surface area contributed by atoms with Gasteiger partial charge in [0.05, 0.1) is 12.1 Å². The molecule has 1 atom stereocenters. The molecule has 0 radical (unpaired) electrons. The molecule has 2 aromatic rings. The van der Waals surface area contributed by atoms with E-state index in [0.29, 0.717) is 13.0 Å². The molecular formula is C19H25FN4O. The SMILES string of the molecule is Cc1nn(C)c(C)c1CC(=O)N[C@@H]1CCCN(c2cccc(F)c2)C1. The fourth-order valence-electron chi connectivity index (χ4n) is 3.51. The van der Waals surface area contributed by atoms with Crippen LogP contribution in [0.3, 0.4) is 0 Å². The van der Waals surface area contributed by atoms with Crippen LogP contribution < -0.4 is 10.2 Å². The second kappa shape index (κ2) is 7.25. The molecule has 0 spiro atoms. The number of rotatable bonds is 4. The normalized spacial score (nSPS) is 17.6. The lowest BCUT2D eigenvalue weighted by molar-refractivity contribution is -0.121. The lowest BCUT2D eigenvalue weighted by Gasteiger charge is -2.34. The first kappa shape index (κ1) is 17.5. The molecule has 6 heteroatoms. The highest BCUT2D eigenvalue weighted by Gasteiger charge is 2.23. The molecule has 1 fully saturated rings. The van der Waals surface area contributed by atoms with Crippen molar-refractivity contribution in [3.05, 3.63) is 47.0 Å². The van der Waals surface area contributed by atoms with E-state index in [2.05, 4.69) is 15.3 Å². The Labute approximate surface area is 147 Å². The van der Waals surface area contributed by atoms with Crippen molar-refractivity contribution in [2.24, 2.45) is 7.05 Å². The van der Waals surface area contributed by atoms with Gasteiger partial charge in [0.15, 0.2) is 0 Å². The van der Waals surface area contributed by atoms with E-state index in [1.807, 2.05) is 31.6 Å². The molecule has 2 heterocycles. The summed E-state index contributed by atoms with van der Waals surface area (Å²) in [7, 11) is 1.89. The number of aryl methyl sites for hydroxylation is 2. The van der Waals surface area contributed by atoms with Gasteiger partial charge < -0.3 is 10.2 Å². The molecule has 5 nitrogen and oxygen atoms in total. The Bertz CT molecular complexity index is 771. The van der Waals surface area contributed by atoms with Crippen LogP contribution in [0.4, 0.5) is 10.1 Å². The third-order valence-corrected chi connectivity index (χ3v) is 4.96. The molecule has 134 valence electrons. The molecule has 25 heavy (non-hydrogen) atoms. The van der Waals surface area contributed by atoms with Gasteiger partial charge in [-0.25, -0.2) is 4.39 Å². The molecular weight excluding hydrogens is 319 g/mol. The number of carbonyl (C=O) groups is 1. The quantitative estimate of drug-likeness (QED) is 0.927. The van der Waals surface area contributed by atoms with Crippen molar-refractivity contribution in [1.29, 1.82) is 0 Å². The lowest BCUT2D eigenvalue weighted by atomic mass is 10.0. The molecule has 0 unspecified atom stereocenters. The number of hydrogen-bond acceptors (Lipinski definition) is 3. The van der Waals surface area contributed by atoms with Gasteiger partial charge in [0.1, 0.15) is 5.82 Å². The molecule has 0 aliphatic carbocycles. The van der Waals surface area contributed by atoms with E-state index >= 15 is 0 Å². The molecule has 3 rings (SSSR count). The number of piperidine rings is 1. The fourth-order valence-corrected chi connectivity index (χ4v) is 3.51. The zero-order valence-corrected chi connectivity index (χ0v) is 15.1. The predicted octanol–water partition coefficient (Wildman–Crippen LogP) is 2.50. The highest BCUT2D eigenvalue weighted by atomic mass is 19.1. The van der Waals surface area contributed by atoms with Gasteiger partial charge in [-0.15, -0.1) is 0 Å². The van der Waals surface area contributed by atoms with E-state index in [1.54, 1.807) is 12.1 Å². The second-order valence-corrected chi connectivity index (χ2v) is 6.78. The van der Waals surface area contributed by atoms with Crippen LogP contribution in [0.5, 0.6) is 0 Å². The molecule has 1 saturated heterocycles. The standard InChI is InChI=1S/C19H25FN4O/c1-13-18(14(2)23(3)22-13)11-19(25)21-16-7-5-9-24(12-16)17-8-4-6-15(20)10-17/h4,6,8,10,16H,5,7,9,11-12H2,1-3H3,(H,21,25)/t16-/m1/s1. The second-order valence-electron chi connectivity index (χ2n) is 6.78. The zero-order chi connectivity index (χ0) is 18.0. The molecule has 1 aromatic carbocycles.